The van der Waals surface area contributed by atoms with Crippen LogP contribution in [-0.2, 0) is 9.59 Å². The highest BCUT2D eigenvalue weighted by molar-refractivity contribution is 6.04. The Morgan fingerprint density at radius 2 is 1.83 bits per heavy atom. The zero-order valence-electron chi connectivity index (χ0n) is 16.1. The SMILES string of the molecule is O=C(Nc1ccccc1N1CCCC1)C1CC(=O)N(c2ccc3c(c2)OCO3)C1. The van der Waals surface area contributed by atoms with E-state index >= 15 is 0 Å². The Morgan fingerprint density at radius 1 is 1.03 bits per heavy atom. The molecule has 3 heterocycles. The number of amides is 2. The molecule has 1 atom stereocenters. The van der Waals surface area contributed by atoms with Gasteiger partial charge in [0.2, 0.25) is 18.6 Å². The van der Waals surface area contributed by atoms with E-state index < -0.39 is 0 Å². The summed E-state index contributed by atoms with van der Waals surface area (Å²) in [4.78, 5) is 29.5. The number of ether oxygens (including phenoxy) is 2. The van der Waals surface area contributed by atoms with E-state index in [1.165, 1.54) is 12.8 Å². The maximum absolute atomic E-state index is 12.9. The van der Waals surface area contributed by atoms with E-state index in [2.05, 4.69) is 10.2 Å². The molecule has 0 bridgehead atoms. The van der Waals surface area contributed by atoms with Crippen LogP contribution in [0.1, 0.15) is 19.3 Å². The highest BCUT2D eigenvalue weighted by atomic mass is 16.7. The minimum absolute atomic E-state index is 0.0585. The van der Waals surface area contributed by atoms with E-state index in [0.29, 0.717) is 18.0 Å². The molecule has 150 valence electrons. The van der Waals surface area contributed by atoms with Crippen LogP contribution in [-0.4, -0.2) is 38.2 Å². The summed E-state index contributed by atoms with van der Waals surface area (Å²) in [6.45, 7) is 2.56. The van der Waals surface area contributed by atoms with Crippen LogP contribution in [0.25, 0.3) is 0 Å². The fraction of sp³-hybridized carbons (Fsp3) is 0.364. The number of rotatable bonds is 4. The topological polar surface area (TPSA) is 71.1 Å². The first-order valence-electron chi connectivity index (χ1n) is 10.0. The minimum Gasteiger partial charge on any atom is -0.454 e. The molecule has 5 rings (SSSR count). The monoisotopic (exact) mass is 393 g/mol. The molecule has 7 nitrogen and oxygen atoms in total. The lowest BCUT2D eigenvalue weighted by Gasteiger charge is -2.22. The number of carbonyl (C=O) groups is 2. The Balaban J connectivity index is 1.30. The van der Waals surface area contributed by atoms with E-state index in [1.807, 2.05) is 30.3 Å². The molecule has 0 saturated carbocycles. The van der Waals surface area contributed by atoms with Crippen LogP contribution >= 0.6 is 0 Å². The standard InChI is InChI=1S/C22H23N3O4/c26-21-11-15(13-25(21)16-7-8-19-20(12-16)29-14-28-19)22(27)23-17-5-1-2-6-18(17)24-9-3-4-10-24/h1-2,5-8,12,15H,3-4,9-11,13-14H2,(H,23,27). The van der Waals surface area contributed by atoms with Gasteiger partial charge in [-0.1, -0.05) is 12.1 Å². The van der Waals surface area contributed by atoms with E-state index in [9.17, 15) is 9.59 Å². The first-order chi connectivity index (χ1) is 14.2. The maximum atomic E-state index is 12.9. The third-order valence-electron chi connectivity index (χ3n) is 5.77. The van der Waals surface area contributed by atoms with Gasteiger partial charge in [0, 0.05) is 37.8 Å². The lowest BCUT2D eigenvalue weighted by molar-refractivity contribution is -0.122. The van der Waals surface area contributed by atoms with Gasteiger partial charge in [-0.3, -0.25) is 9.59 Å². The molecule has 2 aromatic carbocycles. The summed E-state index contributed by atoms with van der Waals surface area (Å²) in [5.41, 5.74) is 2.59. The van der Waals surface area contributed by atoms with Crippen molar-refractivity contribution in [1.29, 1.82) is 0 Å². The van der Waals surface area contributed by atoms with Crippen molar-refractivity contribution in [2.75, 3.05) is 41.5 Å². The molecule has 2 fully saturated rings. The molecule has 0 radical (unpaired) electrons. The van der Waals surface area contributed by atoms with Gasteiger partial charge < -0.3 is 24.6 Å². The highest BCUT2D eigenvalue weighted by Gasteiger charge is 2.36. The number of hydrogen-bond donors (Lipinski definition) is 1. The summed E-state index contributed by atoms with van der Waals surface area (Å²) >= 11 is 0. The largest absolute Gasteiger partial charge is 0.454 e. The number of fused-ring (bicyclic) bond motifs is 1. The molecular weight excluding hydrogens is 370 g/mol. The molecule has 3 aliphatic rings. The second kappa shape index (κ2) is 7.31. The van der Waals surface area contributed by atoms with Gasteiger partial charge in [0.1, 0.15) is 0 Å². The molecule has 7 heteroatoms. The minimum atomic E-state index is -0.389. The van der Waals surface area contributed by atoms with Crippen molar-refractivity contribution >= 4 is 28.9 Å². The summed E-state index contributed by atoms with van der Waals surface area (Å²) in [7, 11) is 0. The highest BCUT2D eigenvalue weighted by Crippen LogP contribution is 2.37. The predicted molar refractivity (Wildman–Crippen MR) is 110 cm³/mol. The number of para-hydroxylation sites is 2. The molecule has 2 saturated heterocycles. The predicted octanol–water partition coefficient (Wildman–Crippen LogP) is 3.01. The Kier molecular flexibility index (Phi) is 4.50. The fourth-order valence-corrected chi connectivity index (χ4v) is 4.23. The van der Waals surface area contributed by atoms with Gasteiger partial charge in [0.05, 0.1) is 17.3 Å². The first-order valence-corrected chi connectivity index (χ1v) is 10.0. The second-order valence-electron chi connectivity index (χ2n) is 7.64. The number of benzene rings is 2. The molecule has 29 heavy (non-hydrogen) atoms. The van der Waals surface area contributed by atoms with E-state index in [-0.39, 0.29) is 30.9 Å². The summed E-state index contributed by atoms with van der Waals surface area (Å²) in [6.07, 6.45) is 2.54. The van der Waals surface area contributed by atoms with Gasteiger partial charge in [-0.15, -0.1) is 0 Å². The van der Waals surface area contributed by atoms with Crippen molar-refractivity contribution in [2.24, 2.45) is 5.92 Å². The van der Waals surface area contributed by atoms with Crippen molar-refractivity contribution in [3.63, 3.8) is 0 Å². The van der Waals surface area contributed by atoms with Crippen molar-refractivity contribution in [1.82, 2.24) is 0 Å². The third kappa shape index (κ3) is 3.37. The molecule has 3 aliphatic heterocycles. The van der Waals surface area contributed by atoms with Crippen LogP contribution in [0.3, 0.4) is 0 Å². The number of nitrogens with one attached hydrogen (secondary N) is 1. The van der Waals surface area contributed by atoms with Gasteiger partial charge >= 0.3 is 0 Å². The number of nitrogens with zero attached hydrogens (tertiary/aromatic N) is 2. The maximum Gasteiger partial charge on any atom is 0.231 e. The van der Waals surface area contributed by atoms with Gasteiger partial charge in [-0.2, -0.15) is 0 Å². The molecule has 2 amide bonds. The Labute approximate surface area is 169 Å². The van der Waals surface area contributed by atoms with Gasteiger partial charge in [-0.25, -0.2) is 0 Å². The first kappa shape index (κ1) is 17.8. The quantitative estimate of drug-likeness (QED) is 0.865. The van der Waals surface area contributed by atoms with Crippen LogP contribution in [0, 0.1) is 5.92 Å². The summed E-state index contributed by atoms with van der Waals surface area (Å²) < 4.78 is 10.7. The van der Waals surface area contributed by atoms with Gasteiger partial charge in [0.15, 0.2) is 11.5 Å². The summed E-state index contributed by atoms with van der Waals surface area (Å²) in [5.74, 6) is 0.737. The normalized spacial score (nSPS) is 20.4. The zero-order chi connectivity index (χ0) is 19.8. The third-order valence-corrected chi connectivity index (χ3v) is 5.77. The average Bonchev–Trinajstić information content (AvgIpc) is 3.48. The zero-order valence-corrected chi connectivity index (χ0v) is 16.1. The summed E-state index contributed by atoms with van der Waals surface area (Å²) in [6, 6.07) is 13.3. The molecular formula is C22H23N3O4. The van der Waals surface area contributed by atoms with Crippen molar-refractivity contribution in [2.45, 2.75) is 19.3 Å². The number of carbonyl (C=O) groups excluding carboxylic acids is 2. The van der Waals surface area contributed by atoms with Crippen molar-refractivity contribution in [3.8, 4) is 11.5 Å². The Bertz CT molecular complexity index is 955. The number of anilines is 3. The lowest BCUT2D eigenvalue weighted by Crippen LogP contribution is -2.28. The van der Waals surface area contributed by atoms with Gasteiger partial charge in [-0.05, 0) is 37.1 Å². The van der Waals surface area contributed by atoms with E-state index in [0.717, 1.165) is 30.2 Å². The van der Waals surface area contributed by atoms with Crippen molar-refractivity contribution < 1.29 is 19.1 Å². The average molecular weight is 393 g/mol. The van der Waals surface area contributed by atoms with Crippen LogP contribution in [0.5, 0.6) is 11.5 Å². The van der Waals surface area contributed by atoms with E-state index in [4.69, 9.17) is 9.47 Å². The van der Waals surface area contributed by atoms with Gasteiger partial charge in [0.25, 0.3) is 0 Å². The van der Waals surface area contributed by atoms with Crippen LogP contribution in [0.15, 0.2) is 42.5 Å². The molecule has 0 aromatic heterocycles. The number of hydrogen-bond acceptors (Lipinski definition) is 5. The summed E-state index contributed by atoms with van der Waals surface area (Å²) in [5, 5.41) is 3.06. The van der Waals surface area contributed by atoms with Crippen molar-refractivity contribution in [3.05, 3.63) is 42.5 Å². The second-order valence-corrected chi connectivity index (χ2v) is 7.64. The smallest absolute Gasteiger partial charge is 0.231 e. The lowest BCUT2D eigenvalue weighted by atomic mass is 10.1. The van der Waals surface area contributed by atoms with Crippen LogP contribution in [0.4, 0.5) is 17.1 Å². The van der Waals surface area contributed by atoms with Crippen LogP contribution < -0.4 is 24.6 Å². The Hall–Kier alpha value is -3.22. The molecule has 1 N–H and O–H groups in total. The van der Waals surface area contributed by atoms with Crippen LogP contribution in [0.2, 0.25) is 0 Å². The fourth-order valence-electron chi connectivity index (χ4n) is 4.23. The Morgan fingerprint density at radius 3 is 2.69 bits per heavy atom. The molecule has 0 aliphatic carbocycles. The van der Waals surface area contributed by atoms with E-state index in [1.54, 1.807) is 17.0 Å². The molecule has 0 spiro atoms. The molecule has 2 aromatic rings. The molecule has 1 unspecified atom stereocenters.